The summed E-state index contributed by atoms with van der Waals surface area (Å²) in [6, 6.07) is 3.34. The van der Waals surface area contributed by atoms with Gasteiger partial charge in [-0.2, -0.15) is 0 Å². The van der Waals surface area contributed by atoms with Crippen molar-refractivity contribution in [2.45, 2.75) is 19.4 Å². The monoisotopic (exact) mass is 235 g/mol. The number of anilines is 3. The van der Waals surface area contributed by atoms with Crippen molar-refractivity contribution in [3.63, 3.8) is 0 Å². The van der Waals surface area contributed by atoms with Gasteiger partial charge in [0.25, 0.3) is 0 Å². The van der Waals surface area contributed by atoms with Gasteiger partial charge in [-0.25, -0.2) is 4.98 Å². The highest BCUT2D eigenvalue weighted by atomic mass is 16.2. The van der Waals surface area contributed by atoms with E-state index in [0.717, 1.165) is 13.0 Å². The molecule has 1 atom stereocenters. The summed E-state index contributed by atoms with van der Waals surface area (Å²) in [6.45, 7) is 3.34. The molecule has 6 heteroatoms. The van der Waals surface area contributed by atoms with E-state index in [2.05, 4.69) is 10.3 Å². The van der Waals surface area contributed by atoms with Crippen LogP contribution in [0.2, 0.25) is 0 Å². The first-order valence-corrected chi connectivity index (χ1v) is 5.69. The van der Waals surface area contributed by atoms with E-state index in [0.29, 0.717) is 23.9 Å². The van der Waals surface area contributed by atoms with Crippen LogP contribution in [0.25, 0.3) is 0 Å². The molecule has 1 unspecified atom stereocenters. The number of hydrogen-bond donors (Lipinski definition) is 3. The fourth-order valence-electron chi connectivity index (χ4n) is 2.03. The van der Waals surface area contributed by atoms with Crippen LogP contribution in [0, 0.1) is 0 Å². The van der Waals surface area contributed by atoms with Crippen LogP contribution < -0.4 is 21.7 Å². The van der Waals surface area contributed by atoms with Crippen LogP contribution in [0.15, 0.2) is 12.1 Å². The molecule has 5 N–H and O–H groups in total. The number of nitrogen functional groups attached to an aromatic ring is 2. The molecule has 0 aromatic carbocycles. The zero-order chi connectivity index (χ0) is 12.4. The smallest absolute Gasteiger partial charge is 0.242 e. The average Bonchev–Trinajstić information content (AvgIpc) is 2.32. The number of nitrogens with two attached hydrogens (primary N) is 2. The molecule has 1 amide bonds. The van der Waals surface area contributed by atoms with Crippen molar-refractivity contribution in [1.82, 2.24) is 10.3 Å². The first-order chi connectivity index (χ1) is 8.13. The second-order valence-corrected chi connectivity index (χ2v) is 4.05. The first-order valence-electron chi connectivity index (χ1n) is 5.69. The summed E-state index contributed by atoms with van der Waals surface area (Å²) in [5, 5.41) is 2.84. The van der Waals surface area contributed by atoms with Gasteiger partial charge in [-0.3, -0.25) is 4.79 Å². The Morgan fingerprint density at radius 3 is 2.94 bits per heavy atom. The summed E-state index contributed by atoms with van der Waals surface area (Å²) in [4.78, 5) is 17.9. The third-order valence-electron chi connectivity index (χ3n) is 2.95. The number of piperazine rings is 1. The van der Waals surface area contributed by atoms with Crippen LogP contribution in [-0.2, 0) is 4.79 Å². The summed E-state index contributed by atoms with van der Waals surface area (Å²) < 4.78 is 0. The lowest BCUT2D eigenvalue weighted by Crippen LogP contribution is -2.55. The Morgan fingerprint density at radius 1 is 1.53 bits per heavy atom. The van der Waals surface area contributed by atoms with E-state index in [1.54, 1.807) is 12.1 Å². The van der Waals surface area contributed by atoms with Gasteiger partial charge in [0, 0.05) is 13.1 Å². The van der Waals surface area contributed by atoms with Gasteiger partial charge in [0.05, 0.1) is 5.69 Å². The largest absolute Gasteiger partial charge is 0.396 e. The van der Waals surface area contributed by atoms with Crippen LogP contribution in [0.1, 0.15) is 13.3 Å². The van der Waals surface area contributed by atoms with E-state index in [4.69, 9.17) is 11.5 Å². The minimum absolute atomic E-state index is 0.0379. The zero-order valence-corrected chi connectivity index (χ0v) is 9.81. The molecule has 92 valence electrons. The highest BCUT2D eigenvalue weighted by Crippen LogP contribution is 2.22. The van der Waals surface area contributed by atoms with E-state index in [1.165, 1.54) is 0 Å². The van der Waals surface area contributed by atoms with E-state index in [1.807, 2.05) is 11.8 Å². The Bertz CT molecular complexity index is 434. The third kappa shape index (κ3) is 2.11. The molecular weight excluding hydrogens is 218 g/mol. The third-order valence-corrected chi connectivity index (χ3v) is 2.95. The maximum absolute atomic E-state index is 11.7. The molecule has 6 nitrogen and oxygen atoms in total. The van der Waals surface area contributed by atoms with Gasteiger partial charge in [0.2, 0.25) is 5.91 Å². The van der Waals surface area contributed by atoms with Crippen LogP contribution in [0.3, 0.4) is 0 Å². The summed E-state index contributed by atoms with van der Waals surface area (Å²) in [6.07, 6.45) is 0.734. The van der Waals surface area contributed by atoms with Gasteiger partial charge in [-0.1, -0.05) is 6.92 Å². The van der Waals surface area contributed by atoms with Gasteiger partial charge in [-0.05, 0) is 18.6 Å². The molecule has 0 aliphatic carbocycles. The van der Waals surface area contributed by atoms with Gasteiger partial charge >= 0.3 is 0 Å². The molecule has 1 fully saturated rings. The Kier molecular flexibility index (Phi) is 3.03. The predicted molar refractivity (Wildman–Crippen MR) is 67.5 cm³/mol. The summed E-state index contributed by atoms with van der Waals surface area (Å²) in [5.41, 5.74) is 11.8. The molecule has 1 aliphatic heterocycles. The number of nitrogens with zero attached hydrogens (tertiary/aromatic N) is 2. The van der Waals surface area contributed by atoms with Crippen LogP contribution >= 0.6 is 0 Å². The number of hydrogen-bond acceptors (Lipinski definition) is 5. The molecule has 2 rings (SSSR count). The SMILES string of the molecule is CCC1C(=O)NCCN1c1ccc(N)c(N)n1. The maximum atomic E-state index is 11.7. The second kappa shape index (κ2) is 4.48. The number of amides is 1. The van der Waals surface area contributed by atoms with Gasteiger partial charge in [0.15, 0.2) is 0 Å². The van der Waals surface area contributed by atoms with Crippen molar-refractivity contribution in [1.29, 1.82) is 0 Å². The highest BCUT2D eigenvalue weighted by molar-refractivity contribution is 5.86. The van der Waals surface area contributed by atoms with Gasteiger partial charge < -0.3 is 21.7 Å². The zero-order valence-electron chi connectivity index (χ0n) is 9.81. The number of nitrogens with one attached hydrogen (secondary N) is 1. The van der Waals surface area contributed by atoms with Crippen molar-refractivity contribution in [3.8, 4) is 0 Å². The van der Waals surface area contributed by atoms with Crippen LogP contribution in [-0.4, -0.2) is 30.0 Å². The van der Waals surface area contributed by atoms with Crippen molar-refractivity contribution in [2.75, 3.05) is 29.5 Å². The predicted octanol–water partition coefficient (Wildman–Crippen LogP) is -0.0392. The Balaban J connectivity index is 2.30. The maximum Gasteiger partial charge on any atom is 0.242 e. The molecule has 0 radical (unpaired) electrons. The lowest BCUT2D eigenvalue weighted by Gasteiger charge is -2.35. The van der Waals surface area contributed by atoms with Gasteiger partial charge in [-0.15, -0.1) is 0 Å². The minimum atomic E-state index is -0.181. The lowest BCUT2D eigenvalue weighted by molar-refractivity contribution is -0.123. The van der Waals surface area contributed by atoms with Crippen molar-refractivity contribution < 1.29 is 4.79 Å². The van der Waals surface area contributed by atoms with E-state index in [-0.39, 0.29) is 11.9 Å². The first kappa shape index (κ1) is 11.5. The fourth-order valence-corrected chi connectivity index (χ4v) is 2.03. The molecular formula is C11H17N5O. The lowest BCUT2D eigenvalue weighted by atomic mass is 10.1. The van der Waals surface area contributed by atoms with E-state index >= 15 is 0 Å². The standard InChI is InChI=1S/C11H17N5O/c1-2-8-11(17)14-5-6-16(8)9-4-3-7(12)10(13)15-9/h3-4,8H,2,5-6,12H2,1H3,(H2,13,15)(H,14,17). The van der Waals surface area contributed by atoms with Crippen LogP contribution in [0.4, 0.5) is 17.3 Å². The van der Waals surface area contributed by atoms with Crippen LogP contribution in [0.5, 0.6) is 0 Å². The average molecular weight is 235 g/mol. The molecule has 2 heterocycles. The summed E-state index contributed by atoms with van der Waals surface area (Å²) in [7, 11) is 0. The van der Waals surface area contributed by atoms with Crippen molar-refractivity contribution >= 4 is 23.2 Å². The molecule has 1 aliphatic rings. The fraction of sp³-hybridized carbons (Fsp3) is 0.455. The summed E-state index contributed by atoms with van der Waals surface area (Å²) >= 11 is 0. The normalized spacial score (nSPS) is 20.2. The molecule has 0 spiro atoms. The Labute approximate surface area is 100.0 Å². The van der Waals surface area contributed by atoms with Crippen molar-refractivity contribution in [3.05, 3.63) is 12.1 Å². The molecule has 17 heavy (non-hydrogen) atoms. The summed E-state index contributed by atoms with van der Waals surface area (Å²) in [5.74, 6) is 1.05. The number of carbonyl (C=O) groups excluding carboxylic acids is 1. The molecule has 0 saturated carbocycles. The highest BCUT2D eigenvalue weighted by Gasteiger charge is 2.28. The molecule has 0 bridgehead atoms. The Hall–Kier alpha value is -1.98. The number of rotatable bonds is 2. The number of carbonyl (C=O) groups is 1. The second-order valence-electron chi connectivity index (χ2n) is 4.05. The molecule has 1 saturated heterocycles. The Morgan fingerprint density at radius 2 is 2.29 bits per heavy atom. The van der Waals surface area contributed by atoms with E-state index < -0.39 is 0 Å². The quantitative estimate of drug-likeness (QED) is 0.668. The minimum Gasteiger partial charge on any atom is -0.396 e. The molecule has 1 aromatic rings. The van der Waals surface area contributed by atoms with Gasteiger partial charge in [0.1, 0.15) is 17.7 Å². The van der Waals surface area contributed by atoms with Crippen molar-refractivity contribution in [2.24, 2.45) is 0 Å². The van der Waals surface area contributed by atoms with E-state index in [9.17, 15) is 4.79 Å². The topological polar surface area (TPSA) is 97.3 Å². The molecule has 1 aromatic heterocycles. The number of aromatic nitrogens is 1. The number of pyridine rings is 1.